The first-order chi connectivity index (χ1) is 43.0. The van der Waals surface area contributed by atoms with Crippen LogP contribution in [0.4, 0.5) is 68.2 Å². The molecule has 0 unspecified atom stereocenters. The molecule has 0 radical (unpaired) electrons. The number of hydrogen-bond acceptors (Lipinski definition) is 8. The summed E-state index contributed by atoms with van der Waals surface area (Å²) < 4.78 is 23.5. The van der Waals surface area contributed by atoms with Gasteiger partial charge in [-0.3, -0.25) is 0 Å². The molecule has 0 aliphatic rings. The molecule has 12 aromatic carbocycles. The third kappa shape index (κ3) is 11.4. The summed E-state index contributed by atoms with van der Waals surface area (Å²) in [7, 11) is 6.94. The number of hydrogen-bond donors (Lipinski definition) is 0. The SMILES string of the molecule is CCCCc1cc2c(N(c3ccc(C)cc3)c3ccc(OC)cc3)cc(N(c3ccc(C)cc3)c3ccc(OC)cc3)c3c(CCCC)cc4c(N(c5ccc(C)cc5)c5ccc(OC)cc5)cc(N(c5ccc(C)cc5)c5ccc(OC)cc5)c1c4c23. The molecule has 8 nitrogen and oxygen atoms in total. The van der Waals surface area contributed by atoms with E-state index >= 15 is 0 Å². The lowest BCUT2D eigenvalue weighted by Gasteiger charge is -2.36. The molecule has 0 aliphatic carbocycles. The Morgan fingerprint density at radius 1 is 0.261 bits per heavy atom. The number of nitrogens with zero attached hydrogens (tertiary/aromatic N) is 4. The molecule has 0 aliphatic heterocycles. The maximum Gasteiger partial charge on any atom is 0.119 e. The zero-order valence-corrected chi connectivity index (χ0v) is 52.4. The second-order valence-corrected chi connectivity index (χ2v) is 23.2. The molecule has 0 aromatic heterocycles. The topological polar surface area (TPSA) is 49.9 Å². The summed E-state index contributed by atoms with van der Waals surface area (Å²) >= 11 is 0. The molecule has 0 atom stereocenters. The van der Waals surface area contributed by atoms with E-state index in [0.717, 1.165) is 141 Å². The molecule has 0 saturated heterocycles. The lowest BCUT2D eigenvalue weighted by atomic mass is 9.83. The average Bonchev–Trinajstić information content (AvgIpc) is 0.755. The third-order valence-electron chi connectivity index (χ3n) is 17.2. The summed E-state index contributed by atoms with van der Waals surface area (Å²) in [6.45, 7) is 13.3. The fourth-order valence-electron chi connectivity index (χ4n) is 12.6. The van der Waals surface area contributed by atoms with E-state index in [1.165, 1.54) is 54.9 Å². The van der Waals surface area contributed by atoms with Crippen molar-refractivity contribution in [1.82, 2.24) is 0 Å². The van der Waals surface area contributed by atoms with Crippen molar-refractivity contribution in [2.75, 3.05) is 48.0 Å². The fourth-order valence-corrected chi connectivity index (χ4v) is 12.6. The lowest BCUT2D eigenvalue weighted by molar-refractivity contribution is 0.414. The Balaban J connectivity index is 1.36. The highest BCUT2D eigenvalue weighted by molar-refractivity contribution is 6.34. The third-order valence-corrected chi connectivity index (χ3v) is 17.2. The maximum absolute atomic E-state index is 5.87. The van der Waals surface area contributed by atoms with E-state index < -0.39 is 0 Å². The summed E-state index contributed by atoms with van der Waals surface area (Å²) in [4.78, 5) is 9.91. The number of aryl methyl sites for hydroxylation is 6. The monoisotopic (exact) mass is 1160 g/mol. The summed E-state index contributed by atoms with van der Waals surface area (Å²) in [6.07, 6.45) is 5.70. The van der Waals surface area contributed by atoms with Gasteiger partial charge in [0.25, 0.3) is 0 Å². The van der Waals surface area contributed by atoms with Crippen molar-refractivity contribution in [2.45, 2.75) is 80.1 Å². The van der Waals surface area contributed by atoms with Gasteiger partial charge in [-0.25, -0.2) is 0 Å². The number of ether oxygens (including phenoxy) is 4. The van der Waals surface area contributed by atoms with E-state index in [1.807, 2.05) is 0 Å². The van der Waals surface area contributed by atoms with Crippen molar-refractivity contribution >= 4 is 101 Å². The first-order valence-electron chi connectivity index (χ1n) is 30.9. The molecule has 0 amide bonds. The van der Waals surface area contributed by atoms with E-state index in [9.17, 15) is 0 Å². The van der Waals surface area contributed by atoms with Crippen LogP contribution >= 0.6 is 0 Å². The molecular formula is C80H78N4O4. The van der Waals surface area contributed by atoms with Gasteiger partial charge in [-0.15, -0.1) is 0 Å². The Kier molecular flexibility index (Phi) is 17.0. The highest BCUT2D eigenvalue weighted by Crippen LogP contribution is 2.57. The molecule has 12 aromatic rings. The quantitative estimate of drug-likeness (QED) is 0.0622. The maximum atomic E-state index is 5.87. The smallest absolute Gasteiger partial charge is 0.119 e. The molecule has 442 valence electrons. The fraction of sp³-hybridized carbons (Fsp3) is 0.200. The van der Waals surface area contributed by atoms with Crippen LogP contribution < -0.4 is 38.5 Å². The highest BCUT2D eigenvalue weighted by atomic mass is 16.5. The predicted octanol–water partition coefficient (Wildman–Crippen LogP) is 22.4. The molecule has 0 fully saturated rings. The normalized spacial score (nSPS) is 11.3. The Hall–Kier alpha value is -9.92. The summed E-state index contributed by atoms with van der Waals surface area (Å²) in [5, 5.41) is 7.14. The largest absolute Gasteiger partial charge is 0.497 e. The lowest BCUT2D eigenvalue weighted by Crippen LogP contribution is -2.17. The standard InChI is InChI=1S/C80H78N4O4/c1-11-13-15-57-49-71-73(81(59-25-17-53(3)18-26-59)63-33-41-67(85-7)42-34-63)52-76(84(62-31-23-56(6)24-32-62)66-39-47-70(88-10)48-40-66)78-58(16-14-12-2)50-72-74(82(60-27-19-54(4)20-28-60)64-35-43-68(86-8)44-36-64)51-75(77(57)79(72)80(71)78)83(61-29-21-55(5)22-30-61)65-37-45-69(87-9)46-38-65/h17-52H,11-16H2,1-10H3. The Bertz CT molecular complexity index is 4050. The van der Waals surface area contributed by atoms with Gasteiger partial charge < -0.3 is 38.5 Å². The van der Waals surface area contributed by atoms with Crippen LogP contribution in [-0.2, 0) is 12.8 Å². The Morgan fingerprint density at radius 2 is 0.477 bits per heavy atom. The number of unbranched alkanes of at least 4 members (excludes halogenated alkanes) is 2. The second-order valence-electron chi connectivity index (χ2n) is 23.2. The Morgan fingerprint density at radius 3 is 0.693 bits per heavy atom. The zero-order valence-electron chi connectivity index (χ0n) is 52.4. The van der Waals surface area contributed by atoms with Crippen LogP contribution in [0.25, 0.3) is 32.3 Å². The minimum atomic E-state index is 0.793. The molecule has 0 N–H and O–H groups in total. The van der Waals surface area contributed by atoms with Gasteiger partial charge in [0, 0.05) is 77.8 Å². The van der Waals surface area contributed by atoms with Gasteiger partial charge in [0.15, 0.2) is 0 Å². The molecule has 12 rings (SSSR count). The minimum absolute atomic E-state index is 0.793. The summed E-state index contributed by atoms with van der Waals surface area (Å²) in [5.74, 6) is 3.17. The van der Waals surface area contributed by atoms with E-state index in [2.05, 4.69) is 280 Å². The molecule has 8 heteroatoms. The van der Waals surface area contributed by atoms with E-state index in [4.69, 9.17) is 18.9 Å². The first kappa shape index (κ1) is 58.5. The van der Waals surface area contributed by atoms with Gasteiger partial charge in [-0.2, -0.15) is 0 Å². The highest BCUT2D eigenvalue weighted by Gasteiger charge is 2.32. The van der Waals surface area contributed by atoms with Crippen LogP contribution in [0.2, 0.25) is 0 Å². The van der Waals surface area contributed by atoms with Crippen molar-refractivity contribution in [3.8, 4) is 23.0 Å². The number of methoxy groups -OCH3 is 4. The van der Waals surface area contributed by atoms with Gasteiger partial charge in [0.1, 0.15) is 23.0 Å². The van der Waals surface area contributed by atoms with Crippen molar-refractivity contribution in [1.29, 1.82) is 0 Å². The van der Waals surface area contributed by atoms with E-state index in [1.54, 1.807) is 28.4 Å². The predicted molar refractivity (Wildman–Crippen MR) is 371 cm³/mol. The molecule has 0 bridgehead atoms. The summed E-state index contributed by atoms with van der Waals surface area (Å²) in [5.41, 5.74) is 19.8. The van der Waals surface area contributed by atoms with Crippen molar-refractivity contribution in [3.05, 3.63) is 252 Å². The average molecular weight is 1160 g/mol. The molecule has 0 spiro atoms. The van der Waals surface area contributed by atoms with Crippen LogP contribution in [0.5, 0.6) is 23.0 Å². The van der Waals surface area contributed by atoms with Crippen molar-refractivity contribution in [3.63, 3.8) is 0 Å². The number of rotatable bonds is 22. The number of benzene rings is 12. The van der Waals surface area contributed by atoms with Gasteiger partial charge in [0.05, 0.1) is 51.2 Å². The van der Waals surface area contributed by atoms with Crippen molar-refractivity contribution in [2.24, 2.45) is 0 Å². The van der Waals surface area contributed by atoms with Gasteiger partial charge in [0.2, 0.25) is 0 Å². The first-order valence-corrected chi connectivity index (χ1v) is 30.9. The van der Waals surface area contributed by atoms with Crippen molar-refractivity contribution < 1.29 is 18.9 Å². The zero-order chi connectivity index (χ0) is 61.0. The van der Waals surface area contributed by atoms with Crippen LogP contribution in [0, 0.1) is 27.7 Å². The summed E-state index contributed by atoms with van der Waals surface area (Å²) in [6, 6.07) is 80.3. The Labute approximate surface area is 519 Å². The molecule has 0 heterocycles. The van der Waals surface area contributed by atoms with Gasteiger partial charge >= 0.3 is 0 Å². The van der Waals surface area contributed by atoms with Gasteiger partial charge in [-0.1, -0.05) is 97.5 Å². The molecule has 88 heavy (non-hydrogen) atoms. The van der Waals surface area contributed by atoms with Crippen LogP contribution in [-0.4, -0.2) is 28.4 Å². The second kappa shape index (κ2) is 25.6. The molecule has 0 saturated carbocycles. The van der Waals surface area contributed by atoms with Crippen LogP contribution in [0.15, 0.2) is 218 Å². The minimum Gasteiger partial charge on any atom is -0.497 e. The molecular weight excluding hydrogens is 1080 g/mol. The van der Waals surface area contributed by atoms with Crippen LogP contribution in [0.3, 0.4) is 0 Å². The number of anilines is 12. The van der Waals surface area contributed by atoms with E-state index in [0.29, 0.717) is 0 Å². The van der Waals surface area contributed by atoms with Gasteiger partial charge in [-0.05, 0) is 234 Å². The van der Waals surface area contributed by atoms with E-state index in [-0.39, 0.29) is 0 Å². The van der Waals surface area contributed by atoms with Crippen LogP contribution in [0.1, 0.15) is 72.9 Å².